The van der Waals surface area contributed by atoms with Crippen LogP contribution in [0.15, 0.2) is 12.1 Å². The molecule has 0 bridgehead atoms. The molecular weight excluding hydrogens is 248 g/mol. The summed E-state index contributed by atoms with van der Waals surface area (Å²) in [6, 6.07) is 3.53. The monoisotopic (exact) mass is 266 g/mol. The van der Waals surface area contributed by atoms with E-state index in [0.29, 0.717) is 17.2 Å². The van der Waals surface area contributed by atoms with Crippen LogP contribution in [0.5, 0.6) is 17.2 Å². The van der Waals surface area contributed by atoms with Gasteiger partial charge in [0.05, 0.1) is 27.8 Å². The quantitative estimate of drug-likeness (QED) is 0.855. The van der Waals surface area contributed by atoms with Gasteiger partial charge in [0.25, 0.3) is 0 Å². The van der Waals surface area contributed by atoms with Crippen molar-refractivity contribution in [3.8, 4) is 17.2 Å². The Morgan fingerprint density at radius 2 is 1.68 bits per heavy atom. The van der Waals surface area contributed by atoms with Crippen LogP contribution in [0.4, 0.5) is 0 Å². The molecule has 0 aromatic heterocycles. The zero-order valence-corrected chi connectivity index (χ0v) is 11.4. The highest BCUT2D eigenvalue weighted by Gasteiger charge is 2.49. The van der Waals surface area contributed by atoms with Gasteiger partial charge >= 0.3 is 5.97 Å². The van der Waals surface area contributed by atoms with Crippen LogP contribution >= 0.6 is 0 Å². The number of ether oxygens (including phenoxy) is 3. The lowest BCUT2D eigenvalue weighted by Crippen LogP contribution is -2.15. The van der Waals surface area contributed by atoms with Gasteiger partial charge in [-0.05, 0) is 12.8 Å². The highest BCUT2D eigenvalue weighted by molar-refractivity contribution is 5.72. The van der Waals surface area contributed by atoms with Crippen LogP contribution in [-0.2, 0) is 10.2 Å². The fraction of sp³-hybridized carbons (Fsp3) is 0.500. The standard InChI is InChI=1S/C14H18O5/c1-17-9-6-10(18-2)13(11(7-9)19-3)14(4-5-14)8-12(15)16/h6-7H,4-5,8H2,1-3H3,(H,15,16). The molecule has 1 aromatic carbocycles. The second-order valence-corrected chi connectivity index (χ2v) is 4.76. The van der Waals surface area contributed by atoms with Gasteiger partial charge in [-0.15, -0.1) is 0 Å². The number of carbonyl (C=O) groups is 1. The van der Waals surface area contributed by atoms with E-state index in [9.17, 15) is 4.79 Å². The van der Waals surface area contributed by atoms with Crippen molar-refractivity contribution in [1.29, 1.82) is 0 Å². The molecule has 0 spiro atoms. The lowest BCUT2D eigenvalue weighted by atomic mass is 9.90. The van der Waals surface area contributed by atoms with Crippen molar-refractivity contribution in [2.24, 2.45) is 0 Å². The van der Waals surface area contributed by atoms with Gasteiger partial charge in [0, 0.05) is 23.1 Å². The first kappa shape index (κ1) is 13.5. The van der Waals surface area contributed by atoms with Crippen molar-refractivity contribution in [2.45, 2.75) is 24.7 Å². The molecule has 1 N–H and O–H groups in total. The number of hydrogen-bond donors (Lipinski definition) is 1. The zero-order chi connectivity index (χ0) is 14.0. The fourth-order valence-electron chi connectivity index (χ4n) is 2.48. The third kappa shape index (κ3) is 2.45. The third-order valence-corrected chi connectivity index (χ3v) is 3.59. The predicted molar refractivity (Wildman–Crippen MR) is 69.3 cm³/mol. The minimum atomic E-state index is -0.808. The van der Waals surface area contributed by atoms with E-state index in [-0.39, 0.29) is 11.8 Å². The normalized spacial score (nSPS) is 15.7. The number of rotatable bonds is 6. The van der Waals surface area contributed by atoms with Gasteiger partial charge in [-0.25, -0.2) is 0 Å². The smallest absolute Gasteiger partial charge is 0.304 e. The fourth-order valence-corrected chi connectivity index (χ4v) is 2.48. The first-order valence-electron chi connectivity index (χ1n) is 6.08. The Morgan fingerprint density at radius 1 is 1.16 bits per heavy atom. The number of aliphatic carboxylic acids is 1. The van der Waals surface area contributed by atoms with Crippen LogP contribution in [0.3, 0.4) is 0 Å². The minimum absolute atomic E-state index is 0.0893. The number of hydrogen-bond acceptors (Lipinski definition) is 4. The maximum absolute atomic E-state index is 11.0. The van der Waals surface area contributed by atoms with Crippen molar-refractivity contribution < 1.29 is 24.1 Å². The topological polar surface area (TPSA) is 65.0 Å². The molecule has 1 aliphatic carbocycles. The van der Waals surface area contributed by atoms with E-state index < -0.39 is 5.97 Å². The molecule has 19 heavy (non-hydrogen) atoms. The number of carboxylic acid groups (broad SMARTS) is 1. The molecule has 5 nitrogen and oxygen atoms in total. The minimum Gasteiger partial charge on any atom is -0.496 e. The van der Waals surface area contributed by atoms with Gasteiger partial charge in [-0.1, -0.05) is 0 Å². The SMILES string of the molecule is COc1cc(OC)c(C2(CC(=O)O)CC2)c(OC)c1. The second-order valence-electron chi connectivity index (χ2n) is 4.76. The summed E-state index contributed by atoms with van der Waals surface area (Å²) in [6.07, 6.45) is 1.75. The molecule has 0 saturated heterocycles. The number of methoxy groups -OCH3 is 3. The average Bonchev–Trinajstić information content (AvgIpc) is 3.16. The Labute approximate surface area is 112 Å². The third-order valence-electron chi connectivity index (χ3n) is 3.59. The molecule has 1 aliphatic rings. The molecule has 2 rings (SSSR count). The van der Waals surface area contributed by atoms with Gasteiger partial charge in [0.15, 0.2) is 0 Å². The Bertz CT molecular complexity index is 466. The van der Waals surface area contributed by atoms with E-state index in [1.165, 1.54) is 0 Å². The lowest BCUT2D eigenvalue weighted by Gasteiger charge is -2.21. The van der Waals surface area contributed by atoms with Gasteiger partial charge in [0.1, 0.15) is 17.2 Å². The van der Waals surface area contributed by atoms with Crippen molar-refractivity contribution in [1.82, 2.24) is 0 Å². The van der Waals surface area contributed by atoms with Crippen LogP contribution in [-0.4, -0.2) is 32.4 Å². The van der Waals surface area contributed by atoms with E-state index >= 15 is 0 Å². The summed E-state index contributed by atoms with van der Waals surface area (Å²) in [5, 5.41) is 9.07. The first-order valence-corrected chi connectivity index (χ1v) is 6.08. The van der Waals surface area contributed by atoms with Crippen molar-refractivity contribution in [2.75, 3.05) is 21.3 Å². The molecule has 0 aliphatic heterocycles. The molecule has 1 aromatic rings. The molecule has 0 amide bonds. The zero-order valence-electron chi connectivity index (χ0n) is 11.4. The summed E-state index contributed by atoms with van der Waals surface area (Å²) >= 11 is 0. The first-order chi connectivity index (χ1) is 9.06. The van der Waals surface area contributed by atoms with Gasteiger partial charge < -0.3 is 19.3 Å². The largest absolute Gasteiger partial charge is 0.496 e. The number of benzene rings is 1. The molecule has 0 unspecified atom stereocenters. The Hall–Kier alpha value is -1.91. The summed E-state index contributed by atoms with van der Waals surface area (Å²) in [6.45, 7) is 0. The van der Waals surface area contributed by atoms with E-state index in [2.05, 4.69) is 0 Å². The molecule has 0 heterocycles. The van der Waals surface area contributed by atoms with Crippen LogP contribution < -0.4 is 14.2 Å². The van der Waals surface area contributed by atoms with Crippen LogP contribution in [0.2, 0.25) is 0 Å². The second kappa shape index (κ2) is 4.99. The molecule has 104 valence electrons. The highest BCUT2D eigenvalue weighted by atomic mass is 16.5. The maximum atomic E-state index is 11.0. The average molecular weight is 266 g/mol. The summed E-state index contributed by atoms with van der Waals surface area (Å²) in [7, 11) is 4.70. The molecule has 0 radical (unpaired) electrons. The van der Waals surface area contributed by atoms with E-state index in [4.69, 9.17) is 19.3 Å². The van der Waals surface area contributed by atoms with Gasteiger partial charge in [-0.3, -0.25) is 4.79 Å². The van der Waals surface area contributed by atoms with Gasteiger partial charge in [-0.2, -0.15) is 0 Å². The molecule has 1 fully saturated rings. The highest BCUT2D eigenvalue weighted by Crippen LogP contribution is 2.57. The summed E-state index contributed by atoms with van der Waals surface area (Å²) in [5.74, 6) is 1.06. The summed E-state index contributed by atoms with van der Waals surface area (Å²) in [4.78, 5) is 11.0. The maximum Gasteiger partial charge on any atom is 0.304 e. The summed E-state index contributed by atoms with van der Waals surface area (Å²) in [5.41, 5.74) is 0.468. The van der Waals surface area contributed by atoms with Crippen LogP contribution in [0.25, 0.3) is 0 Å². The Balaban J connectivity index is 2.52. The summed E-state index contributed by atoms with van der Waals surface area (Å²) < 4.78 is 16.0. The Morgan fingerprint density at radius 3 is 2.00 bits per heavy atom. The van der Waals surface area contributed by atoms with Gasteiger partial charge in [0.2, 0.25) is 0 Å². The van der Waals surface area contributed by atoms with Crippen molar-refractivity contribution >= 4 is 5.97 Å². The predicted octanol–water partition coefficient (Wildman–Crippen LogP) is 2.22. The van der Waals surface area contributed by atoms with Crippen LogP contribution in [0, 0.1) is 0 Å². The molecule has 1 saturated carbocycles. The molecule has 5 heteroatoms. The van der Waals surface area contributed by atoms with Crippen molar-refractivity contribution in [3.63, 3.8) is 0 Å². The molecular formula is C14H18O5. The molecule has 0 atom stereocenters. The number of carboxylic acids is 1. The van der Waals surface area contributed by atoms with E-state index in [1.807, 2.05) is 0 Å². The Kier molecular flexibility index (Phi) is 3.55. The van der Waals surface area contributed by atoms with E-state index in [1.54, 1.807) is 33.5 Å². The van der Waals surface area contributed by atoms with Crippen molar-refractivity contribution in [3.05, 3.63) is 17.7 Å². The van der Waals surface area contributed by atoms with Crippen LogP contribution in [0.1, 0.15) is 24.8 Å². The van der Waals surface area contributed by atoms with E-state index in [0.717, 1.165) is 18.4 Å². The lowest BCUT2D eigenvalue weighted by molar-refractivity contribution is -0.137.